The van der Waals surface area contributed by atoms with Crippen molar-refractivity contribution in [1.82, 2.24) is 9.97 Å². The predicted octanol–water partition coefficient (Wildman–Crippen LogP) is 7.87. The van der Waals surface area contributed by atoms with Gasteiger partial charge in [-0.05, 0) is 78.1 Å². The molecule has 10 heteroatoms. The number of aryl methyl sites for hydroxylation is 1. The first-order valence-corrected chi connectivity index (χ1v) is 15.6. The third-order valence-electron chi connectivity index (χ3n) is 7.85. The molecule has 46 heavy (non-hydrogen) atoms. The zero-order valence-corrected chi connectivity index (χ0v) is 25.5. The fourth-order valence-corrected chi connectivity index (χ4v) is 6.50. The molecule has 0 spiro atoms. The lowest BCUT2D eigenvalue weighted by Gasteiger charge is -2.29. The Balaban J connectivity index is 1.15. The van der Waals surface area contributed by atoms with Crippen LogP contribution < -0.4 is 20.7 Å². The fourth-order valence-electron chi connectivity index (χ4n) is 5.65. The number of thiazole rings is 1. The molecule has 4 aromatic carbocycles. The summed E-state index contributed by atoms with van der Waals surface area (Å²) in [4.78, 5) is 36.8. The third kappa shape index (κ3) is 5.98. The van der Waals surface area contributed by atoms with Crippen molar-refractivity contribution in [2.24, 2.45) is 0 Å². The van der Waals surface area contributed by atoms with Crippen LogP contribution in [0.15, 0.2) is 103 Å². The number of rotatable bonds is 7. The second-order valence-electron chi connectivity index (χ2n) is 11.0. The van der Waals surface area contributed by atoms with Crippen LogP contribution in [0.2, 0.25) is 0 Å². The Hall–Kier alpha value is -5.74. The number of benzene rings is 4. The summed E-state index contributed by atoms with van der Waals surface area (Å²) in [5.41, 5.74) is 12.4. The Bertz CT molecular complexity index is 2080. The number of carbonyl (C=O) groups excluding carboxylic acids is 1. The Morgan fingerprint density at radius 1 is 0.913 bits per heavy atom. The number of ether oxygens (including phenoxy) is 1. The SMILES string of the molecule is Nc1cccc(OCc2cccc(-c3ccc(-c4ccc5c(c4)N(C(=O)Nc4nc6ccccc6s4)CCC5)nc3C(=O)O)c2)c1. The van der Waals surface area contributed by atoms with Gasteiger partial charge in [-0.15, -0.1) is 0 Å². The van der Waals surface area contributed by atoms with Gasteiger partial charge in [0.1, 0.15) is 12.4 Å². The van der Waals surface area contributed by atoms with E-state index in [1.807, 2.05) is 84.9 Å². The second-order valence-corrected chi connectivity index (χ2v) is 12.0. The summed E-state index contributed by atoms with van der Waals surface area (Å²) in [5, 5.41) is 13.7. The topological polar surface area (TPSA) is 131 Å². The summed E-state index contributed by atoms with van der Waals surface area (Å²) in [6.07, 6.45) is 1.67. The molecule has 0 radical (unpaired) electrons. The van der Waals surface area contributed by atoms with E-state index in [1.54, 1.807) is 23.1 Å². The maximum absolute atomic E-state index is 13.4. The van der Waals surface area contributed by atoms with Crippen LogP contribution in [0, 0.1) is 0 Å². The first kappa shape index (κ1) is 29.0. The van der Waals surface area contributed by atoms with Gasteiger partial charge < -0.3 is 15.6 Å². The maximum Gasteiger partial charge on any atom is 0.355 e. The molecule has 2 amide bonds. The number of carboxylic acid groups (broad SMARTS) is 1. The van der Waals surface area contributed by atoms with Gasteiger partial charge in [-0.25, -0.2) is 19.6 Å². The molecule has 0 unspecified atom stereocenters. The number of carboxylic acids is 1. The number of aromatic nitrogens is 2. The van der Waals surface area contributed by atoms with Gasteiger partial charge in [0.05, 0.1) is 15.9 Å². The van der Waals surface area contributed by atoms with Crippen LogP contribution in [0.4, 0.5) is 21.3 Å². The van der Waals surface area contributed by atoms with Crippen LogP contribution in [0.3, 0.4) is 0 Å². The number of nitrogens with two attached hydrogens (primary N) is 1. The van der Waals surface area contributed by atoms with Crippen LogP contribution in [0.25, 0.3) is 32.6 Å². The van der Waals surface area contributed by atoms with Gasteiger partial charge in [0, 0.05) is 35.1 Å². The van der Waals surface area contributed by atoms with E-state index in [-0.39, 0.29) is 11.7 Å². The quantitative estimate of drug-likeness (QED) is 0.154. The summed E-state index contributed by atoms with van der Waals surface area (Å²) in [6, 6.07) is 31.7. The van der Waals surface area contributed by atoms with Crippen LogP contribution >= 0.6 is 11.3 Å². The van der Waals surface area contributed by atoms with E-state index >= 15 is 0 Å². The van der Waals surface area contributed by atoms with Crippen molar-refractivity contribution < 1.29 is 19.4 Å². The average Bonchev–Trinajstić information content (AvgIpc) is 3.49. The van der Waals surface area contributed by atoms with E-state index in [0.717, 1.165) is 45.4 Å². The monoisotopic (exact) mass is 627 g/mol. The number of nitrogen functional groups attached to an aromatic ring is 1. The lowest BCUT2D eigenvalue weighted by atomic mass is 9.97. The highest BCUT2D eigenvalue weighted by molar-refractivity contribution is 7.22. The van der Waals surface area contributed by atoms with Crippen molar-refractivity contribution in [3.05, 3.63) is 120 Å². The summed E-state index contributed by atoms with van der Waals surface area (Å²) in [6.45, 7) is 0.848. The predicted molar refractivity (Wildman–Crippen MR) is 182 cm³/mol. The third-order valence-corrected chi connectivity index (χ3v) is 8.80. The molecule has 0 bridgehead atoms. The zero-order chi connectivity index (χ0) is 31.6. The standard InChI is InChI=1S/C36H29N5O4S/c37-26-9-4-10-27(20-26)45-21-22-6-3-7-24(18-22)28-15-16-29(38-33(28)34(42)43)25-14-13-23-8-5-17-41(31(23)19-25)36(44)40-35-39-30-11-1-2-12-32(30)46-35/h1-4,6-7,9-16,18-20H,5,8,17,21,37H2,(H,42,43)(H,39,40,44). The Kier molecular flexibility index (Phi) is 7.78. The van der Waals surface area contributed by atoms with E-state index in [1.165, 1.54) is 11.3 Å². The van der Waals surface area contributed by atoms with E-state index in [2.05, 4.69) is 15.3 Å². The Labute approximate surface area is 268 Å². The van der Waals surface area contributed by atoms with Gasteiger partial charge in [-0.1, -0.05) is 59.9 Å². The molecule has 0 aliphatic carbocycles. The number of amides is 2. The number of anilines is 3. The minimum absolute atomic E-state index is 0.0606. The smallest absolute Gasteiger partial charge is 0.355 e. The molecule has 6 aromatic rings. The minimum atomic E-state index is -1.13. The van der Waals surface area contributed by atoms with Gasteiger partial charge in [0.25, 0.3) is 0 Å². The Morgan fingerprint density at radius 2 is 1.78 bits per heavy atom. The highest BCUT2D eigenvalue weighted by Gasteiger charge is 2.25. The van der Waals surface area contributed by atoms with Gasteiger partial charge in [-0.2, -0.15) is 0 Å². The molecule has 228 valence electrons. The van der Waals surface area contributed by atoms with Crippen molar-refractivity contribution in [3.8, 4) is 28.1 Å². The van der Waals surface area contributed by atoms with Gasteiger partial charge in [0.15, 0.2) is 10.8 Å². The summed E-state index contributed by atoms with van der Waals surface area (Å²) >= 11 is 1.43. The largest absolute Gasteiger partial charge is 0.489 e. The number of para-hydroxylation sites is 1. The molecular weight excluding hydrogens is 598 g/mol. The van der Waals surface area contributed by atoms with E-state index < -0.39 is 5.97 Å². The molecule has 1 aliphatic heterocycles. The second kappa shape index (κ2) is 12.3. The first-order valence-electron chi connectivity index (χ1n) is 14.8. The average molecular weight is 628 g/mol. The van der Waals surface area contributed by atoms with E-state index in [9.17, 15) is 14.7 Å². The van der Waals surface area contributed by atoms with Gasteiger partial charge >= 0.3 is 12.0 Å². The van der Waals surface area contributed by atoms with Gasteiger partial charge in [-0.3, -0.25) is 10.2 Å². The molecule has 0 fully saturated rings. The molecule has 9 nitrogen and oxygen atoms in total. The van der Waals surface area contributed by atoms with Crippen molar-refractivity contribution in [2.75, 3.05) is 22.5 Å². The summed E-state index contributed by atoms with van der Waals surface area (Å²) in [5.74, 6) is -0.478. The number of nitrogens with one attached hydrogen (secondary N) is 1. The number of pyridine rings is 1. The normalized spacial score (nSPS) is 12.5. The van der Waals surface area contributed by atoms with Crippen molar-refractivity contribution in [1.29, 1.82) is 0 Å². The number of aromatic carboxylic acids is 1. The number of fused-ring (bicyclic) bond motifs is 2. The van der Waals surface area contributed by atoms with Crippen molar-refractivity contribution in [2.45, 2.75) is 19.4 Å². The van der Waals surface area contributed by atoms with Crippen LogP contribution in [0.1, 0.15) is 28.0 Å². The van der Waals surface area contributed by atoms with Crippen LogP contribution in [0.5, 0.6) is 5.75 Å². The number of carbonyl (C=O) groups is 2. The summed E-state index contributed by atoms with van der Waals surface area (Å²) < 4.78 is 6.89. The summed E-state index contributed by atoms with van der Waals surface area (Å²) in [7, 11) is 0. The number of urea groups is 1. The Morgan fingerprint density at radius 3 is 2.63 bits per heavy atom. The van der Waals surface area contributed by atoms with Crippen molar-refractivity contribution >= 4 is 50.1 Å². The van der Waals surface area contributed by atoms with Crippen LogP contribution in [-0.2, 0) is 13.0 Å². The van der Waals surface area contributed by atoms with Crippen molar-refractivity contribution in [3.63, 3.8) is 0 Å². The highest BCUT2D eigenvalue weighted by Crippen LogP contribution is 2.34. The first-order chi connectivity index (χ1) is 22.4. The molecule has 3 heterocycles. The molecule has 0 atom stereocenters. The molecule has 0 saturated heterocycles. The van der Waals surface area contributed by atoms with Crippen LogP contribution in [-0.4, -0.2) is 33.6 Å². The molecular formula is C36H29N5O4S. The molecule has 7 rings (SSSR count). The van der Waals surface area contributed by atoms with E-state index in [4.69, 9.17) is 10.5 Å². The number of nitrogens with zero attached hydrogens (tertiary/aromatic N) is 3. The number of hydrogen-bond donors (Lipinski definition) is 3. The number of hydrogen-bond acceptors (Lipinski definition) is 7. The van der Waals surface area contributed by atoms with Gasteiger partial charge in [0.2, 0.25) is 0 Å². The fraction of sp³-hybridized carbons (Fsp3) is 0.111. The zero-order valence-electron chi connectivity index (χ0n) is 24.6. The molecule has 1 aliphatic rings. The molecule has 0 saturated carbocycles. The minimum Gasteiger partial charge on any atom is -0.489 e. The molecule has 4 N–H and O–H groups in total. The lowest BCUT2D eigenvalue weighted by molar-refractivity contribution is 0.0691. The lowest BCUT2D eigenvalue weighted by Crippen LogP contribution is -2.38. The van der Waals surface area contributed by atoms with E-state index in [0.29, 0.717) is 46.5 Å². The maximum atomic E-state index is 13.4. The molecule has 2 aromatic heterocycles. The highest BCUT2D eigenvalue weighted by atomic mass is 32.1.